The van der Waals surface area contributed by atoms with Gasteiger partial charge in [0.2, 0.25) is 5.91 Å². The van der Waals surface area contributed by atoms with Crippen molar-refractivity contribution in [2.24, 2.45) is 11.8 Å². The van der Waals surface area contributed by atoms with Crippen LogP contribution in [0, 0.1) is 11.8 Å². The topological polar surface area (TPSA) is 90.8 Å². The number of amides is 2. The Labute approximate surface area is 167 Å². The van der Waals surface area contributed by atoms with Gasteiger partial charge in [0.25, 0.3) is 5.91 Å². The van der Waals surface area contributed by atoms with E-state index in [4.69, 9.17) is 0 Å². The Bertz CT molecular complexity index is 871. The standard InChI is InChI=1S/C20H23N3O4S/c24-18(13-5-1-2-6-14(13)20(26)27)22-9-11-23(12-10-22)19(25)17-21-15-7-3-4-8-16(15)28-17/h3-4,7-8,13-14H,1-2,5-6,9-12H2,(H,26,27)/t13-,14+/m0/s1. The first-order valence-electron chi connectivity index (χ1n) is 9.71. The number of carboxylic acids is 1. The van der Waals surface area contributed by atoms with Crippen molar-refractivity contribution in [1.29, 1.82) is 0 Å². The van der Waals surface area contributed by atoms with Crippen LogP contribution in [0.25, 0.3) is 10.2 Å². The van der Waals surface area contributed by atoms with Crippen LogP contribution < -0.4 is 0 Å². The van der Waals surface area contributed by atoms with Crippen molar-refractivity contribution in [3.8, 4) is 0 Å². The molecule has 28 heavy (non-hydrogen) atoms. The number of carboxylic acid groups (broad SMARTS) is 1. The number of piperazine rings is 1. The fourth-order valence-electron chi connectivity index (χ4n) is 4.19. The van der Waals surface area contributed by atoms with E-state index in [-0.39, 0.29) is 11.8 Å². The van der Waals surface area contributed by atoms with E-state index in [1.807, 2.05) is 24.3 Å². The van der Waals surface area contributed by atoms with E-state index in [1.54, 1.807) is 9.80 Å². The van der Waals surface area contributed by atoms with E-state index in [1.165, 1.54) is 11.3 Å². The molecule has 1 N–H and O–H groups in total. The smallest absolute Gasteiger partial charge is 0.307 e. The van der Waals surface area contributed by atoms with Gasteiger partial charge in [-0.1, -0.05) is 25.0 Å². The van der Waals surface area contributed by atoms with Crippen LogP contribution in [0.4, 0.5) is 0 Å². The van der Waals surface area contributed by atoms with Crippen molar-refractivity contribution >= 4 is 39.3 Å². The number of carbonyl (C=O) groups excluding carboxylic acids is 2. The molecule has 2 aromatic rings. The zero-order valence-electron chi connectivity index (χ0n) is 15.5. The highest BCUT2D eigenvalue weighted by atomic mass is 32.1. The molecular weight excluding hydrogens is 378 g/mol. The molecule has 1 aliphatic heterocycles. The largest absolute Gasteiger partial charge is 0.481 e. The van der Waals surface area contributed by atoms with Crippen molar-refractivity contribution in [2.75, 3.05) is 26.2 Å². The van der Waals surface area contributed by atoms with Crippen LogP contribution in [0.2, 0.25) is 0 Å². The van der Waals surface area contributed by atoms with Gasteiger partial charge in [-0.3, -0.25) is 14.4 Å². The van der Waals surface area contributed by atoms with Gasteiger partial charge in [-0.05, 0) is 25.0 Å². The second kappa shape index (κ2) is 7.87. The quantitative estimate of drug-likeness (QED) is 0.853. The summed E-state index contributed by atoms with van der Waals surface area (Å²) in [4.78, 5) is 45.0. The predicted octanol–water partition coefficient (Wildman–Crippen LogP) is 2.47. The summed E-state index contributed by atoms with van der Waals surface area (Å²) in [5.41, 5.74) is 0.821. The van der Waals surface area contributed by atoms with Crippen LogP contribution in [-0.4, -0.2) is 63.9 Å². The van der Waals surface area contributed by atoms with Crippen LogP contribution in [0.5, 0.6) is 0 Å². The summed E-state index contributed by atoms with van der Waals surface area (Å²) in [6.07, 6.45) is 2.98. The third kappa shape index (κ3) is 3.61. The molecule has 1 saturated heterocycles. The highest BCUT2D eigenvalue weighted by Gasteiger charge is 2.39. The lowest BCUT2D eigenvalue weighted by molar-refractivity contribution is -0.152. The summed E-state index contributed by atoms with van der Waals surface area (Å²) in [5.74, 6) is -2.06. The van der Waals surface area contributed by atoms with Crippen LogP contribution >= 0.6 is 11.3 Å². The van der Waals surface area contributed by atoms with Gasteiger partial charge in [-0.25, -0.2) is 4.98 Å². The fourth-order valence-corrected chi connectivity index (χ4v) is 5.12. The molecular formula is C20H23N3O4S. The summed E-state index contributed by atoms with van der Waals surface area (Å²) in [6.45, 7) is 1.78. The molecule has 0 spiro atoms. The number of benzene rings is 1. The van der Waals surface area contributed by atoms with Gasteiger partial charge < -0.3 is 14.9 Å². The van der Waals surface area contributed by atoms with E-state index >= 15 is 0 Å². The molecule has 1 aromatic heterocycles. The number of nitrogens with zero attached hydrogens (tertiary/aromatic N) is 3. The molecule has 148 valence electrons. The Morgan fingerprint density at radius 3 is 2.29 bits per heavy atom. The average molecular weight is 401 g/mol. The third-order valence-corrected chi connectivity index (χ3v) is 6.78. The molecule has 1 saturated carbocycles. The van der Waals surface area contributed by atoms with E-state index in [9.17, 15) is 19.5 Å². The summed E-state index contributed by atoms with van der Waals surface area (Å²) >= 11 is 1.38. The Morgan fingerprint density at radius 1 is 0.964 bits per heavy atom. The highest BCUT2D eigenvalue weighted by molar-refractivity contribution is 7.20. The summed E-state index contributed by atoms with van der Waals surface area (Å²) in [5, 5.41) is 9.90. The Kier molecular flexibility index (Phi) is 5.30. The molecule has 2 amide bonds. The number of carbonyl (C=O) groups is 3. The number of thiazole rings is 1. The maximum absolute atomic E-state index is 12.9. The van der Waals surface area contributed by atoms with Crippen molar-refractivity contribution in [1.82, 2.24) is 14.8 Å². The number of para-hydroxylation sites is 1. The number of rotatable bonds is 3. The van der Waals surface area contributed by atoms with Gasteiger partial charge in [0.05, 0.1) is 22.1 Å². The van der Waals surface area contributed by atoms with Crippen LogP contribution in [0.1, 0.15) is 35.5 Å². The van der Waals surface area contributed by atoms with Crippen LogP contribution in [0.15, 0.2) is 24.3 Å². The van der Waals surface area contributed by atoms with Crippen LogP contribution in [-0.2, 0) is 9.59 Å². The van der Waals surface area contributed by atoms with Gasteiger partial charge >= 0.3 is 5.97 Å². The molecule has 0 bridgehead atoms. The molecule has 0 radical (unpaired) electrons. The Balaban J connectivity index is 1.39. The zero-order chi connectivity index (χ0) is 19.7. The number of hydrogen-bond donors (Lipinski definition) is 1. The summed E-state index contributed by atoms with van der Waals surface area (Å²) in [6, 6.07) is 7.66. The first-order chi connectivity index (χ1) is 13.5. The van der Waals surface area contributed by atoms with Crippen molar-refractivity contribution in [3.63, 3.8) is 0 Å². The Hall–Kier alpha value is -2.48. The van der Waals surface area contributed by atoms with Gasteiger partial charge in [0.1, 0.15) is 0 Å². The maximum Gasteiger partial charge on any atom is 0.307 e. The molecule has 2 heterocycles. The lowest BCUT2D eigenvalue weighted by Gasteiger charge is -2.38. The second-order valence-electron chi connectivity index (χ2n) is 7.44. The van der Waals surface area contributed by atoms with E-state index in [0.29, 0.717) is 44.0 Å². The van der Waals surface area contributed by atoms with Gasteiger partial charge in [0.15, 0.2) is 5.01 Å². The maximum atomic E-state index is 12.9. The molecule has 1 aromatic carbocycles. The first kappa shape index (κ1) is 18.9. The van der Waals surface area contributed by atoms with Crippen molar-refractivity contribution in [2.45, 2.75) is 25.7 Å². The molecule has 4 rings (SSSR count). The molecule has 2 atom stereocenters. The fraction of sp³-hybridized carbons (Fsp3) is 0.500. The molecule has 2 aliphatic rings. The van der Waals surface area contributed by atoms with E-state index in [2.05, 4.69) is 4.98 Å². The van der Waals surface area contributed by atoms with Gasteiger partial charge in [-0.2, -0.15) is 0 Å². The normalized spacial score (nSPS) is 23.0. The monoisotopic (exact) mass is 401 g/mol. The molecule has 1 aliphatic carbocycles. The minimum absolute atomic E-state index is 0.0702. The summed E-state index contributed by atoms with van der Waals surface area (Å²) < 4.78 is 0.983. The average Bonchev–Trinajstić information content (AvgIpc) is 3.17. The lowest BCUT2D eigenvalue weighted by atomic mass is 9.78. The van der Waals surface area contributed by atoms with Crippen molar-refractivity contribution < 1.29 is 19.5 Å². The zero-order valence-corrected chi connectivity index (χ0v) is 16.4. The predicted molar refractivity (Wildman–Crippen MR) is 105 cm³/mol. The minimum Gasteiger partial charge on any atom is -0.481 e. The molecule has 2 fully saturated rings. The van der Waals surface area contributed by atoms with Crippen molar-refractivity contribution in [3.05, 3.63) is 29.3 Å². The molecule has 7 nitrogen and oxygen atoms in total. The van der Waals surface area contributed by atoms with E-state index < -0.39 is 17.8 Å². The van der Waals surface area contributed by atoms with Crippen LogP contribution in [0.3, 0.4) is 0 Å². The number of aliphatic carboxylic acids is 1. The third-order valence-electron chi connectivity index (χ3n) is 5.76. The lowest BCUT2D eigenvalue weighted by Crippen LogP contribution is -2.53. The SMILES string of the molecule is O=C(O)[C@@H]1CCCC[C@@H]1C(=O)N1CCN(C(=O)c2nc3ccccc3s2)CC1. The number of aromatic nitrogens is 1. The Morgan fingerprint density at radius 2 is 1.61 bits per heavy atom. The molecule has 8 heteroatoms. The second-order valence-corrected chi connectivity index (χ2v) is 8.47. The van der Waals surface area contributed by atoms with Gasteiger partial charge in [-0.15, -0.1) is 11.3 Å². The first-order valence-corrected chi connectivity index (χ1v) is 10.5. The van der Waals surface area contributed by atoms with E-state index in [0.717, 1.165) is 23.1 Å². The minimum atomic E-state index is -0.873. The number of fused-ring (bicyclic) bond motifs is 1. The van der Waals surface area contributed by atoms with Gasteiger partial charge in [0, 0.05) is 26.2 Å². The highest BCUT2D eigenvalue weighted by Crippen LogP contribution is 2.32. The number of hydrogen-bond acceptors (Lipinski definition) is 5. The summed E-state index contributed by atoms with van der Waals surface area (Å²) in [7, 11) is 0. The molecule has 0 unspecified atom stereocenters.